The fourth-order valence-corrected chi connectivity index (χ4v) is 4.29. The number of amides is 3. The van der Waals surface area contributed by atoms with Crippen molar-refractivity contribution in [3.05, 3.63) is 29.6 Å². The molecule has 30 heavy (non-hydrogen) atoms. The summed E-state index contributed by atoms with van der Waals surface area (Å²) in [5.41, 5.74) is 8.08. The molecule has 158 valence electrons. The number of nitrogens with one attached hydrogen (secondary N) is 3. The number of carbonyl (C=O) groups excluding carboxylic acids is 2. The first-order chi connectivity index (χ1) is 14.3. The van der Waals surface area contributed by atoms with Crippen molar-refractivity contribution in [2.45, 2.75) is 20.0 Å². The SMILES string of the molecule is CNC(=O)Nc1nc(N)c(-c2nc(-c3cccc(NC(=O)C(O)C(C)C)c3)cs2)s1. The quantitative estimate of drug-likeness (QED) is 0.393. The van der Waals surface area contributed by atoms with E-state index in [0.717, 1.165) is 5.56 Å². The number of aromatic nitrogens is 2. The van der Waals surface area contributed by atoms with E-state index in [2.05, 4.69) is 25.9 Å². The zero-order chi connectivity index (χ0) is 21.8. The molecule has 1 aromatic carbocycles. The molecular formula is C19H22N6O3S2. The zero-order valence-corrected chi connectivity index (χ0v) is 18.2. The van der Waals surface area contributed by atoms with Gasteiger partial charge in [0, 0.05) is 23.7 Å². The van der Waals surface area contributed by atoms with Crippen LogP contribution in [0.3, 0.4) is 0 Å². The normalized spacial score (nSPS) is 11.9. The number of aliphatic hydroxyl groups is 1. The first kappa shape index (κ1) is 21.7. The number of benzene rings is 1. The molecule has 3 amide bonds. The van der Waals surface area contributed by atoms with Crippen LogP contribution in [0.15, 0.2) is 29.6 Å². The number of aliphatic hydroxyl groups excluding tert-OH is 1. The highest BCUT2D eigenvalue weighted by Gasteiger charge is 2.19. The van der Waals surface area contributed by atoms with E-state index in [1.165, 1.54) is 29.7 Å². The average molecular weight is 447 g/mol. The number of nitrogens with zero attached hydrogens (tertiary/aromatic N) is 2. The van der Waals surface area contributed by atoms with E-state index in [1.807, 2.05) is 11.4 Å². The Morgan fingerprint density at radius 2 is 1.97 bits per heavy atom. The number of rotatable bonds is 6. The molecular weight excluding hydrogens is 424 g/mol. The van der Waals surface area contributed by atoms with Gasteiger partial charge in [0.25, 0.3) is 5.91 Å². The van der Waals surface area contributed by atoms with E-state index in [-0.39, 0.29) is 17.8 Å². The number of hydrogen-bond acceptors (Lipinski definition) is 8. The number of carbonyl (C=O) groups is 2. The molecule has 1 atom stereocenters. The van der Waals surface area contributed by atoms with E-state index in [4.69, 9.17) is 5.73 Å². The molecule has 0 saturated heterocycles. The summed E-state index contributed by atoms with van der Waals surface area (Å²) in [6, 6.07) is 6.84. The van der Waals surface area contributed by atoms with Gasteiger partial charge in [-0.05, 0) is 18.1 Å². The van der Waals surface area contributed by atoms with Gasteiger partial charge in [-0.3, -0.25) is 10.1 Å². The van der Waals surface area contributed by atoms with Gasteiger partial charge in [0.15, 0.2) is 5.13 Å². The molecule has 3 rings (SSSR count). The predicted octanol–water partition coefficient (Wildman–Crippen LogP) is 3.22. The van der Waals surface area contributed by atoms with Gasteiger partial charge in [-0.25, -0.2) is 14.8 Å². The van der Waals surface area contributed by atoms with Crippen LogP contribution >= 0.6 is 22.7 Å². The van der Waals surface area contributed by atoms with Gasteiger partial charge in [0.05, 0.1) is 5.69 Å². The van der Waals surface area contributed by atoms with Crippen molar-refractivity contribution in [2.75, 3.05) is 23.4 Å². The van der Waals surface area contributed by atoms with Crippen molar-refractivity contribution >= 4 is 51.2 Å². The third-order valence-corrected chi connectivity index (χ3v) is 6.11. The maximum Gasteiger partial charge on any atom is 0.320 e. The van der Waals surface area contributed by atoms with E-state index in [1.54, 1.807) is 32.0 Å². The van der Waals surface area contributed by atoms with E-state index < -0.39 is 12.0 Å². The highest BCUT2D eigenvalue weighted by Crippen LogP contribution is 2.38. The maximum atomic E-state index is 12.1. The number of hydrogen-bond donors (Lipinski definition) is 5. The molecule has 9 nitrogen and oxygen atoms in total. The summed E-state index contributed by atoms with van der Waals surface area (Å²) < 4.78 is 0. The van der Waals surface area contributed by atoms with Crippen LogP contribution in [0, 0.1) is 5.92 Å². The van der Waals surface area contributed by atoms with Crippen LogP contribution in [0.1, 0.15) is 13.8 Å². The standard InChI is InChI=1S/C19H22N6O3S2/c1-9(2)13(26)16(27)22-11-6-4-5-10(7-11)12-8-29-17(23-12)14-15(20)24-19(30-14)25-18(28)21-3/h4-9,13,26H,20H2,1-3H3,(H,22,27)(H2,21,24,25,28). The molecule has 0 bridgehead atoms. The minimum Gasteiger partial charge on any atom is -0.383 e. The lowest BCUT2D eigenvalue weighted by atomic mass is 10.1. The lowest BCUT2D eigenvalue weighted by Gasteiger charge is -2.14. The number of nitrogen functional groups attached to an aromatic ring is 1. The number of thiazole rings is 2. The Hall–Kier alpha value is -3.02. The summed E-state index contributed by atoms with van der Waals surface area (Å²) in [4.78, 5) is 33.0. The van der Waals surface area contributed by atoms with Crippen LogP contribution in [0.5, 0.6) is 0 Å². The number of anilines is 3. The van der Waals surface area contributed by atoms with E-state index >= 15 is 0 Å². The summed E-state index contributed by atoms with van der Waals surface area (Å²) >= 11 is 2.64. The highest BCUT2D eigenvalue weighted by molar-refractivity contribution is 7.23. The lowest BCUT2D eigenvalue weighted by molar-refractivity contribution is -0.125. The number of nitrogens with two attached hydrogens (primary N) is 1. The molecule has 0 aliphatic carbocycles. The van der Waals surface area contributed by atoms with Gasteiger partial charge in [-0.15, -0.1) is 11.3 Å². The summed E-state index contributed by atoms with van der Waals surface area (Å²) in [5.74, 6) is -0.340. The third-order valence-electron chi connectivity index (χ3n) is 4.13. The van der Waals surface area contributed by atoms with Crippen molar-refractivity contribution in [2.24, 2.45) is 5.92 Å². The Morgan fingerprint density at radius 1 is 1.20 bits per heavy atom. The van der Waals surface area contributed by atoms with Crippen LogP contribution in [-0.2, 0) is 4.79 Å². The first-order valence-electron chi connectivity index (χ1n) is 9.08. The third kappa shape index (κ3) is 4.93. The lowest BCUT2D eigenvalue weighted by Crippen LogP contribution is -2.31. The van der Waals surface area contributed by atoms with Crippen LogP contribution in [-0.4, -0.2) is 40.2 Å². The van der Waals surface area contributed by atoms with Gasteiger partial charge in [0.2, 0.25) is 0 Å². The molecule has 0 aliphatic rings. The van der Waals surface area contributed by atoms with Crippen LogP contribution in [0.2, 0.25) is 0 Å². The molecule has 2 aromatic heterocycles. The fraction of sp³-hybridized carbons (Fsp3) is 0.263. The van der Waals surface area contributed by atoms with Crippen LogP contribution in [0.4, 0.5) is 21.4 Å². The Kier molecular flexibility index (Phi) is 6.65. The second-order valence-electron chi connectivity index (χ2n) is 6.73. The number of urea groups is 1. The topological polar surface area (TPSA) is 142 Å². The minimum atomic E-state index is -1.08. The summed E-state index contributed by atoms with van der Waals surface area (Å²) in [7, 11) is 1.51. The average Bonchev–Trinajstić information content (AvgIpc) is 3.34. The molecule has 3 aromatic rings. The van der Waals surface area contributed by atoms with Crippen molar-refractivity contribution in [3.8, 4) is 21.1 Å². The molecule has 0 radical (unpaired) electrons. The van der Waals surface area contributed by atoms with Gasteiger partial charge in [-0.1, -0.05) is 37.3 Å². The molecule has 0 fully saturated rings. The second kappa shape index (κ2) is 9.20. The summed E-state index contributed by atoms with van der Waals surface area (Å²) in [6.45, 7) is 3.55. The fourth-order valence-electron chi connectivity index (χ4n) is 2.48. The van der Waals surface area contributed by atoms with E-state index in [0.29, 0.717) is 26.4 Å². The zero-order valence-electron chi connectivity index (χ0n) is 16.6. The molecule has 11 heteroatoms. The minimum absolute atomic E-state index is 0.179. The molecule has 0 spiro atoms. The monoisotopic (exact) mass is 446 g/mol. The van der Waals surface area contributed by atoms with Crippen LogP contribution in [0.25, 0.3) is 21.1 Å². The Bertz CT molecular complexity index is 1060. The molecule has 0 saturated carbocycles. The second-order valence-corrected chi connectivity index (χ2v) is 8.59. The smallest absolute Gasteiger partial charge is 0.320 e. The Morgan fingerprint density at radius 3 is 2.67 bits per heavy atom. The Balaban J connectivity index is 1.80. The van der Waals surface area contributed by atoms with Crippen molar-refractivity contribution in [3.63, 3.8) is 0 Å². The maximum absolute atomic E-state index is 12.1. The van der Waals surface area contributed by atoms with Gasteiger partial charge >= 0.3 is 6.03 Å². The van der Waals surface area contributed by atoms with Crippen LogP contribution < -0.4 is 21.7 Å². The first-order valence-corrected chi connectivity index (χ1v) is 10.8. The van der Waals surface area contributed by atoms with Crippen molar-refractivity contribution in [1.82, 2.24) is 15.3 Å². The molecule has 0 aliphatic heterocycles. The Labute approximate surface area is 181 Å². The molecule has 1 unspecified atom stereocenters. The molecule has 6 N–H and O–H groups in total. The van der Waals surface area contributed by atoms with Gasteiger partial charge in [0.1, 0.15) is 21.8 Å². The highest BCUT2D eigenvalue weighted by atomic mass is 32.1. The summed E-state index contributed by atoms with van der Waals surface area (Å²) in [5, 5.41) is 20.6. The largest absolute Gasteiger partial charge is 0.383 e. The predicted molar refractivity (Wildman–Crippen MR) is 121 cm³/mol. The van der Waals surface area contributed by atoms with Crippen molar-refractivity contribution < 1.29 is 14.7 Å². The molecule has 2 heterocycles. The summed E-state index contributed by atoms with van der Waals surface area (Å²) in [6.07, 6.45) is -1.08. The van der Waals surface area contributed by atoms with Gasteiger partial charge < -0.3 is 21.5 Å². The van der Waals surface area contributed by atoms with Crippen molar-refractivity contribution in [1.29, 1.82) is 0 Å². The van der Waals surface area contributed by atoms with E-state index in [9.17, 15) is 14.7 Å². The van der Waals surface area contributed by atoms with Gasteiger partial charge in [-0.2, -0.15) is 0 Å².